The third kappa shape index (κ3) is 4.04. The Hall–Kier alpha value is -4.44. The maximum Gasteiger partial charge on any atom is 0.163 e. The predicted octanol–water partition coefficient (Wildman–Crippen LogP) is 7.19. The second-order valence-electron chi connectivity index (χ2n) is 9.04. The molecule has 0 amide bonds. The number of benzene rings is 3. The summed E-state index contributed by atoms with van der Waals surface area (Å²) in [6.45, 7) is 2.18. The summed E-state index contributed by atoms with van der Waals surface area (Å²) in [5.41, 5.74) is 3.70. The van der Waals surface area contributed by atoms with Gasteiger partial charge in [0.1, 0.15) is 5.82 Å². The highest BCUT2D eigenvalue weighted by molar-refractivity contribution is 5.94. The normalized spacial score (nSPS) is 17.1. The van der Waals surface area contributed by atoms with Crippen molar-refractivity contribution in [3.8, 4) is 34.0 Å². The van der Waals surface area contributed by atoms with Crippen molar-refractivity contribution >= 4 is 10.8 Å². The number of allylic oxidation sites excluding steroid dienone is 4. The Kier molecular flexibility index (Phi) is 5.27. The molecule has 1 atom stereocenters. The van der Waals surface area contributed by atoms with Gasteiger partial charge in [-0.15, -0.1) is 0 Å². The van der Waals surface area contributed by atoms with E-state index in [0.717, 1.165) is 40.0 Å². The molecule has 35 heavy (non-hydrogen) atoms. The van der Waals surface area contributed by atoms with Gasteiger partial charge in [-0.1, -0.05) is 103 Å². The molecule has 0 N–H and O–H groups in total. The minimum atomic E-state index is -0.275. The van der Waals surface area contributed by atoms with Crippen molar-refractivity contribution in [3.63, 3.8) is 0 Å². The van der Waals surface area contributed by atoms with Gasteiger partial charge in [-0.05, 0) is 24.8 Å². The van der Waals surface area contributed by atoms with Gasteiger partial charge in [0.15, 0.2) is 11.6 Å². The number of pyridine rings is 1. The lowest BCUT2D eigenvalue weighted by Crippen LogP contribution is -2.24. The molecule has 0 saturated carbocycles. The maximum absolute atomic E-state index is 4.95. The molecular weight excluding hydrogens is 428 g/mol. The Morgan fingerprint density at radius 3 is 2.09 bits per heavy atom. The molecule has 0 spiro atoms. The van der Waals surface area contributed by atoms with E-state index in [1.807, 2.05) is 42.6 Å². The summed E-state index contributed by atoms with van der Waals surface area (Å²) in [5.74, 6) is 2.15. The van der Waals surface area contributed by atoms with Crippen molar-refractivity contribution in [1.82, 2.24) is 19.9 Å². The van der Waals surface area contributed by atoms with E-state index in [0.29, 0.717) is 11.6 Å². The highest BCUT2D eigenvalue weighted by atomic mass is 15.0. The second-order valence-corrected chi connectivity index (χ2v) is 9.04. The van der Waals surface area contributed by atoms with Gasteiger partial charge in [0, 0.05) is 33.7 Å². The van der Waals surface area contributed by atoms with Crippen LogP contribution in [0.4, 0.5) is 0 Å². The highest BCUT2D eigenvalue weighted by Crippen LogP contribution is 2.33. The van der Waals surface area contributed by atoms with E-state index >= 15 is 0 Å². The van der Waals surface area contributed by atoms with Gasteiger partial charge in [-0.3, -0.25) is 4.98 Å². The summed E-state index contributed by atoms with van der Waals surface area (Å²) >= 11 is 0. The van der Waals surface area contributed by atoms with E-state index in [9.17, 15) is 0 Å². The summed E-state index contributed by atoms with van der Waals surface area (Å²) < 4.78 is 0. The van der Waals surface area contributed by atoms with Gasteiger partial charge >= 0.3 is 0 Å². The van der Waals surface area contributed by atoms with E-state index in [4.69, 9.17) is 15.0 Å². The average Bonchev–Trinajstić information content (AvgIpc) is 2.93. The maximum atomic E-state index is 4.95. The molecular formula is C31H24N4. The summed E-state index contributed by atoms with van der Waals surface area (Å²) in [6, 6.07) is 28.8. The molecule has 0 bridgehead atoms. The van der Waals surface area contributed by atoms with Gasteiger partial charge in [0.2, 0.25) is 0 Å². The second kappa shape index (κ2) is 8.73. The predicted molar refractivity (Wildman–Crippen MR) is 142 cm³/mol. The number of rotatable bonds is 4. The largest absolute Gasteiger partial charge is 0.256 e. The molecule has 1 aliphatic rings. The monoisotopic (exact) mass is 452 g/mol. The number of hydrogen-bond acceptors (Lipinski definition) is 4. The molecule has 0 unspecified atom stereocenters. The molecule has 4 heteroatoms. The van der Waals surface area contributed by atoms with Crippen LogP contribution in [0.1, 0.15) is 19.2 Å². The highest BCUT2D eigenvalue weighted by Gasteiger charge is 2.28. The van der Waals surface area contributed by atoms with Crippen molar-refractivity contribution in [2.45, 2.75) is 18.8 Å². The van der Waals surface area contributed by atoms with Crippen LogP contribution in [0, 0.1) is 0 Å². The molecule has 0 radical (unpaired) electrons. The zero-order chi connectivity index (χ0) is 23.7. The van der Waals surface area contributed by atoms with Crippen LogP contribution >= 0.6 is 0 Å². The van der Waals surface area contributed by atoms with Crippen molar-refractivity contribution in [1.29, 1.82) is 0 Å². The van der Waals surface area contributed by atoms with E-state index < -0.39 is 0 Å². The SMILES string of the molecule is C[C@@]1(c2nc(-c3ccccc3)nc(-c3ccc(-c4nccc5ccccc45)cc3)n2)C=CC=CC1. The number of aromatic nitrogens is 4. The molecule has 2 heterocycles. The lowest BCUT2D eigenvalue weighted by molar-refractivity contribution is 0.554. The van der Waals surface area contributed by atoms with Crippen molar-refractivity contribution in [2.75, 3.05) is 0 Å². The zero-order valence-electron chi connectivity index (χ0n) is 19.5. The van der Waals surface area contributed by atoms with Gasteiger partial charge in [0.05, 0.1) is 5.69 Å². The molecule has 4 nitrogen and oxygen atoms in total. The minimum Gasteiger partial charge on any atom is -0.256 e. The third-order valence-corrected chi connectivity index (χ3v) is 6.52. The summed E-state index contributed by atoms with van der Waals surface area (Å²) in [7, 11) is 0. The van der Waals surface area contributed by atoms with Crippen LogP contribution in [0.15, 0.2) is 115 Å². The topological polar surface area (TPSA) is 51.6 Å². The molecule has 0 fully saturated rings. The fraction of sp³-hybridized carbons (Fsp3) is 0.0968. The van der Waals surface area contributed by atoms with Crippen LogP contribution < -0.4 is 0 Å². The van der Waals surface area contributed by atoms with Crippen LogP contribution in [0.5, 0.6) is 0 Å². The Morgan fingerprint density at radius 2 is 1.34 bits per heavy atom. The Balaban J connectivity index is 1.45. The van der Waals surface area contributed by atoms with E-state index in [-0.39, 0.29) is 5.41 Å². The Bertz CT molecular complexity index is 1560. The molecule has 0 aliphatic heterocycles. The van der Waals surface area contributed by atoms with Gasteiger partial charge in [-0.2, -0.15) is 0 Å². The van der Waals surface area contributed by atoms with Gasteiger partial charge in [-0.25, -0.2) is 15.0 Å². The van der Waals surface area contributed by atoms with Crippen LogP contribution in [0.3, 0.4) is 0 Å². The van der Waals surface area contributed by atoms with Crippen molar-refractivity contribution in [3.05, 3.63) is 121 Å². The quantitative estimate of drug-likeness (QED) is 0.289. The first kappa shape index (κ1) is 21.1. The Labute approximate surface area is 204 Å². The number of fused-ring (bicyclic) bond motifs is 1. The molecule has 5 aromatic rings. The lowest BCUT2D eigenvalue weighted by atomic mass is 9.83. The van der Waals surface area contributed by atoms with Crippen molar-refractivity contribution < 1.29 is 0 Å². The lowest BCUT2D eigenvalue weighted by Gasteiger charge is -2.25. The van der Waals surface area contributed by atoms with E-state index in [1.165, 1.54) is 5.39 Å². The molecule has 1 aliphatic carbocycles. The summed E-state index contributed by atoms with van der Waals surface area (Å²) in [4.78, 5) is 19.4. The first-order chi connectivity index (χ1) is 17.2. The number of nitrogens with zero attached hydrogens (tertiary/aromatic N) is 4. The van der Waals surface area contributed by atoms with Gasteiger partial charge in [0.25, 0.3) is 0 Å². The van der Waals surface area contributed by atoms with Gasteiger partial charge < -0.3 is 0 Å². The fourth-order valence-electron chi connectivity index (χ4n) is 4.50. The molecule has 168 valence electrons. The zero-order valence-corrected chi connectivity index (χ0v) is 19.5. The molecule has 3 aromatic carbocycles. The van der Waals surface area contributed by atoms with Crippen LogP contribution in [-0.4, -0.2) is 19.9 Å². The Morgan fingerprint density at radius 1 is 0.657 bits per heavy atom. The average molecular weight is 453 g/mol. The third-order valence-electron chi connectivity index (χ3n) is 6.52. The standard InChI is InChI=1S/C31H24N4/c1-31(19-8-3-9-20-31)30-34-28(24-11-4-2-5-12-24)33-29(35-30)25-16-14-23(15-17-25)27-26-13-7-6-10-22(26)18-21-32-27/h2-19,21H,20H2,1H3/t31-/m1/s1. The molecule has 0 saturated heterocycles. The smallest absolute Gasteiger partial charge is 0.163 e. The fourth-order valence-corrected chi connectivity index (χ4v) is 4.50. The van der Waals surface area contributed by atoms with E-state index in [2.05, 4.69) is 84.7 Å². The van der Waals surface area contributed by atoms with Crippen LogP contribution in [0.25, 0.3) is 44.8 Å². The van der Waals surface area contributed by atoms with Crippen LogP contribution in [-0.2, 0) is 5.41 Å². The first-order valence-corrected chi connectivity index (χ1v) is 11.8. The molecule has 6 rings (SSSR count). The van der Waals surface area contributed by atoms with Crippen molar-refractivity contribution in [2.24, 2.45) is 0 Å². The summed E-state index contributed by atoms with van der Waals surface area (Å²) in [6.07, 6.45) is 11.2. The first-order valence-electron chi connectivity index (χ1n) is 11.8. The van der Waals surface area contributed by atoms with Crippen LogP contribution in [0.2, 0.25) is 0 Å². The minimum absolute atomic E-state index is 0.275. The summed E-state index contributed by atoms with van der Waals surface area (Å²) in [5, 5.41) is 2.32. The molecule has 2 aromatic heterocycles. The number of hydrogen-bond donors (Lipinski definition) is 0. The van der Waals surface area contributed by atoms with E-state index in [1.54, 1.807) is 0 Å².